The highest BCUT2D eigenvalue weighted by molar-refractivity contribution is 5.70. The average Bonchev–Trinajstić information content (AvgIpc) is 3.19. The zero-order chi connectivity index (χ0) is 24.8. The van der Waals surface area contributed by atoms with E-state index in [1.54, 1.807) is 29.7 Å². The summed E-state index contributed by atoms with van der Waals surface area (Å²) in [4.78, 5) is 30.1. The summed E-state index contributed by atoms with van der Waals surface area (Å²) in [6.07, 6.45) is 4.04. The van der Waals surface area contributed by atoms with Gasteiger partial charge in [-0.1, -0.05) is 19.1 Å². The maximum atomic E-state index is 12.5. The second-order valence-corrected chi connectivity index (χ2v) is 8.87. The van der Waals surface area contributed by atoms with Gasteiger partial charge in [-0.15, -0.1) is 5.10 Å². The van der Waals surface area contributed by atoms with Crippen molar-refractivity contribution in [1.82, 2.24) is 24.9 Å². The molecule has 10 nitrogen and oxygen atoms in total. The van der Waals surface area contributed by atoms with Crippen molar-refractivity contribution in [3.8, 4) is 17.1 Å². The molecule has 186 valence electrons. The van der Waals surface area contributed by atoms with E-state index in [-0.39, 0.29) is 30.8 Å². The van der Waals surface area contributed by atoms with Crippen LogP contribution in [0.5, 0.6) is 5.75 Å². The van der Waals surface area contributed by atoms with E-state index in [1.165, 1.54) is 0 Å². The Morgan fingerprint density at radius 2 is 2.00 bits per heavy atom. The van der Waals surface area contributed by atoms with Gasteiger partial charge in [0, 0.05) is 20.1 Å². The summed E-state index contributed by atoms with van der Waals surface area (Å²) < 4.78 is 13.2. The van der Waals surface area contributed by atoms with Crippen LogP contribution in [0.15, 0.2) is 12.1 Å². The molecule has 3 rings (SSSR count). The van der Waals surface area contributed by atoms with Gasteiger partial charge in [0.15, 0.2) is 0 Å². The molecule has 0 saturated heterocycles. The highest BCUT2D eigenvalue weighted by atomic mass is 16.6. The summed E-state index contributed by atoms with van der Waals surface area (Å²) in [7, 11) is 3.49. The Morgan fingerprint density at radius 3 is 2.65 bits per heavy atom. The monoisotopic (exact) mass is 473 g/mol. The summed E-state index contributed by atoms with van der Waals surface area (Å²) in [5, 5.41) is 17.6. The van der Waals surface area contributed by atoms with Crippen molar-refractivity contribution in [3.05, 3.63) is 23.5 Å². The number of hydrogen-bond acceptors (Lipinski definition) is 7. The first-order valence-corrected chi connectivity index (χ1v) is 11.9. The van der Waals surface area contributed by atoms with Gasteiger partial charge in [-0.05, 0) is 57.6 Å². The number of hydrogen-bond donors (Lipinski definition) is 1. The van der Waals surface area contributed by atoms with Crippen molar-refractivity contribution in [3.63, 3.8) is 0 Å². The van der Waals surface area contributed by atoms with Crippen molar-refractivity contribution in [2.24, 2.45) is 13.0 Å². The summed E-state index contributed by atoms with van der Waals surface area (Å²) in [6, 6.07) is 3.75. The summed E-state index contributed by atoms with van der Waals surface area (Å²) in [6.45, 7) is 5.96. The second-order valence-electron chi connectivity index (χ2n) is 8.87. The number of ether oxygens (including phenoxy) is 2. The molecule has 0 unspecified atom stereocenters. The Kier molecular flexibility index (Phi) is 8.46. The minimum atomic E-state index is -0.763. The molecule has 0 bridgehead atoms. The van der Waals surface area contributed by atoms with Crippen LogP contribution in [-0.4, -0.2) is 61.2 Å². The van der Waals surface area contributed by atoms with Gasteiger partial charge in [-0.25, -0.2) is 14.5 Å². The lowest BCUT2D eigenvalue weighted by molar-refractivity contribution is -0.143. The Morgan fingerprint density at radius 1 is 1.26 bits per heavy atom. The number of nitrogens with zero attached hydrogens (tertiary/aromatic N) is 5. The lowest BCUT2D eigenvalue weighted by atomic mass is 9.87. The number of carboxylic acids is 1. The molecule has 10 heteroatoms. The van der Waals surface area contributed by atoms with Crippen molar-refractivity contribution < 1.29 is 24.2 Å². The van der Waals surface area contributed by atoms with Gasteiger partial charge in [0.05, 0.1) is 23.4 Å². The van der Waals surface area contributed by atoms with Crippen LogP contribution in [0.2, 0.25) is 0 Å². The van der Waals surface area contributed by atoms with Gasteiger partial charge in [-0.2, -0.15) is 0 Å². The van der Waals surface area contributed by atoms with E-state index in [1.807, 2.05) is 26.8 Å². The zero-order valence-corrected chi connectivity index (χ0v) is 20.7. The molecule has 2 atom stereocenters. The topological polar surface area (TPSA) is 120 Å². The molecule has 2 aromatic rings. The molecule has 34 heavy (non-hydrogen) atoms. The minimum Gasteiger partial charge on any atom is -0.489 e. The predicted octanol–water partition coefficient (Wildman–Crippen LogP) is 3.96. The van der Waals surface area contributed by atoms with Crippen molar-refractivity contribution in [2.75, 3.05) is 7.05 Å². The van der Waals surface area contributed by atoms with Crippen LogP contribution in [0, 0.1) is 12.8 Å². The molecule has 0 aromatic carbocycles. The summed E-state index contributed by atoms with van der Waals surface area (Å²) >= 11 is 0. The number of carbonyl (C=O) groups is 2. The lowest BCUT2D eigenvalue weighted by Gasteiger charge is -2.27. The molecule has 1 aliphatic rings. The third-order valence-corrected chi connectivity index (χ3v) is 6.60. The fourth-order valence-corrected chi connectivity index (χ4v) is 4.42. The maximum Gasteiger partial charge on any atom is 0.410 e. The van der Waals surface area contributed by atoms with Gasteiger partial charge >= 0.3 is 12.1 Å². The van der Waals surface area contributed by atoms with E-state index < -0.39 is 5.97 Å². The number of carboxylic acid groups (broad SMARTS) is 1. The quantitative estimate of drug-likeness (QED) is 0.581. The van der Waals surface area contributed by atoms with Crippen LogP contribution >= 0.6 is 0 Å². The number of pyridine rings is 1. The van der Waals surface area contributed by atoms with Crippen LogP contribution in [0.1, 0.15) is 63.8 Å². The van der Waals surface area contributed by atoms with Crippen LogP contribution < -0.4 is 4.74 Å². The van der Waals surface area contributed by atoms with Crippen LogP contribution in [0.25, 0.3) is 11.4 Å². The van der Waals surface area contributed by atoms with Gasteiger partial charge in [0.1, 0.15) is 23.7 Å². The van der Waals surface area contributed by atoms with E-state index in [2.05, 4.69) is 15.3 Å². The molecular formula is C24H35N5O5. The standard InChI is InChI=1S/C24H35N5O5/c1-6-17(7-2)28(4)24(32)33-14-20-22(26-27-29(20)5)19-11-12-21(15(3)25-19)34-18-10-8-9-16(13-18)23(30)31/h11-12,16-18H,6-10,13-14H2,1-5H3,(H,30,31)/t16-,18-/m0/s1. The molecule has 2 aromatic heterocycles. The first-order valence-electron chi connectivity index (χ1n) is 11.9. The van der Waals surface area contributed by atoms with Crippen molar-refractivity contribution >= 4 is 12.1 Å². The molecule has 0 aliphatic heterocycles. The van der Waals surface area contributed by atoms with Crippen LogP contribution in [-0.2, 0) is 23.2 Å². The first-order chi connectivity index (χ1) is 16.2. The average molecular weight is 474 g/mol. The number of aryl methyl sites for hydroxylation is 2. The molecule has 2 heterocycles. The Hall–Kier alpha value is -3.17. The molecule has 1 N–H and O–H groups in total. The Labute approximate surface area is 200 Å². The minimum absolute atomic E-state index is 0.0276. The molecule has 1 saturated carbocycles. The number of aliphatic carboxylic acids is 1. The van der Waals surface area contributed by atoms with E-state index in [0.717, 1.165) is 25.7 Å². The SMILES string of the molecule is CCC(CC)N(C)C(=O)OCc1c(-c2ccc(O[C@H]3CCC[C@H](C(=O)O)C3)c(C)n2)nnn1C. The molecular weight excluding hydrogens is 438 g/mol. The normalized spacial score (nSPS) is 18.1. The highest BCUT2D eigenvalue weighted by Gasteiger charge is 2.28. The van der Waals surface area contributed by atoms with Gasteiger partial charge in [0.2, 0.25) is 0 Å². The van der Waals surface area contributed by atoms with E-state index in [9.17, 15) is 14.7 Å². The van der Waals surface area contributed by atoms with Gasteiger partial charge in [-0.3, -0.25) is 4.79 Å². The van der Waals surface area contributed by atoms with Crippen molar-refractivity contribution in [2.45, 2.75) is 78.0 Å². The number of aromatic nitrogens is 4. The van der Waals surface area contributed by atoms with Gasteiger partial charge < -0.3 is 19.5 Å². The second kappa shape index (κ2) is 11.3. The first kappa shape index (κ1) is 25.5. The fourth-order valence-electron chi connectivity index (χ4n) is 4.42. The zero-order valence-electron chi connectivity index (χ0n) is 20.7. The fraction of sp³-hybridized carbons (Fsp3) is 0.625. The Balaban J connectivity index is 1.70. The largest absolute Gasteiger partial charge is 0.489 e. The predicted molar refractivity (Wildman–Crippen MR) is 125 cm³/mol. The van der Waals surface area contributed by atoms with E-state index in [4.69, 9.17) is 9.47 Å². The lowest BCUT2D eigenvalue weighted by Crippen LogP contribution is -2.36. The number of carbonyl (C=O) groups excluding carboxylic acids is 1. The Bertz CT molecular complexity index is 1000. The van der Waals surface area contributed by atoms with Gasteiger partial charge in [0.25, 0.3) is 0 Å². The molecule has 0 spiro atoms. The van der Waals surface area contributed by atoms with Crippen LogP contribution in [0.4, 0.5) is 4.79 Å². The third-order valence-electron chi connectivity index (χ3n) is 6.60. The molecule has 0 radical (unpaired) electrons. The maximum absolute atomic E-state index is 12.5. The van der Waals surface area contributed by atoms with Crippen LogP contribution in [0.3, 0.4) is 0 Å². The van der Waals surface area contributed by atoms with E-state index in [0.29, 0.717) is 41.4 Å². The van der Waals surface area contributed by atoms with E-state index >= 15 is 0 Å². The summed E-state index contributed by atoms with van der Waals surface area (Å²) in [5.41, 5.74) is 2.46. The highest BCUT2D eigenvalue weighted by Crippen LogP contribution is 2.30. The molecule has 1 aliphatic carbocycles. The number of amides is 1. The molecule has 1 amide bonds. The molecule has 1 fully saturated rings. The summed E-state index contributed by atoms with van der Waals surface area (Å²) in [5.74, 6) is -0.496. The smallest absolute Gasteiger partial charge is 0.410 e. The number of rotatable bonds is 9. The third kappa shape index (κ3) is 5.84. The van der Waals surface area contributed by atoms with Crippen molar-refractivity contribution in [1.29, 1.82) is 0 Å².